The predicted molar refractivity (Wildman–Crippen MR) is 70.5 cm³/mol. The largest absolute Gasteiger partial charge is 0.316 e. The molecule has 0 aliphatic heterocycles. The highest BCUT2D eigenvalue weighted by Gasteiger charge is 2.26. The molecule has 1 heteroatoms. The standard InChI is InChI=1S/C15H27N/c1-15(10-6-3-7-11-15)13-16-12-14-8-4-2-5-9-14/h2,4,14,16H,3,5-13H2,1H3. The number of hydrogen-bond donors (Lipinski definition) is 1. The molecular weight excluding hydrogens is 194 g/mol. The van der Waals surface area contributed by atoms with Gasteiger partial charge < -0.3 is 5.32 Å². The van der Waals surface area contributed by atoms with E-state index in [1.54, 1.807) is 0 Å². The molecule has 1 nitrogen and oxygen atoms in total. The summed E-state index contributed by atoms with van der Waals surface area (Å²) in [5.41, 5.74) is 0.600. The summed E-state index contributed by atoms with van der Waals surface area (Å²) in [4.78, 5) is 0. The molecule has 0 aromatic carbocycles. The first kappa shape index (κ1) is 12.2. The first-order valence-corrected chi connectivity index (χ1v) is 7.14. The molecule has 1 unspecified atom stereocenters. The van der Waals surface area contributed by atoms with Crippen LogP contribution in [0.15, 0.2) is 12.2 Å². The van der Waals surface area contributed by atoms with Crippen LogP contribution in [-0.2, 0) is 0 Å². The number of hydrogen-bond acceptors (Lipinski definition) is 1. The Morgan fingerprint density at radius 3 is 2.69 bits per heavy atom. The lowest BCUT2D eigenvalue weighted by atomic mass is 9.75. The minimum atomic E-state index is 0.600. The van der Waals surface area contributed by atoms with Gasteiger partial charge in [0.25, 0.3) is 0 Å². The second-order valence-electron chi connectivity index (χ2n) is 6.15. The van der Waals surface area contributed by atoms with Crippen LogP contribution in [-0.4, -0.2) is 13.1 Å². The van der Waals surface area contributed by atoms with Crippen molar-refractivity contribution in [2.75, 3.05) is 13.1 Å². The Balaban J connectivity index is 1.64. The Morgan fingerprint density at radius 1 is 1.19 bits per heavy atom. The Kier molecular flexibility index (Phi) is 4.45. The van der Waals surface area contributed by atoms with Crippen molar-refractivity contribution in [3.05, 3.63) is 12.2 Å². The summed E-state index contributed by atoms with van der Waals surface area (Å²) in [6.45, 7) is 4.95. The van der Waals surface area contributed by atoms with Crippen LogP contribution in [0.25, 0.3) is 0 Å². The molecule has 16 heavy (non-hydrogen) atoms. The van der Waals surface area contributed by atoms with Crippen molar-refractivity contribution in [2.45, 2.75) is 58.3 Å². The predicted octanol–water partition coefficient (Wildman–Crippen LogP) is 3.90. The fourth-order valence-corrected chi connectivity index (χ4v) is 3.20. The van der Waals surface area contributed by atoms with Crippen LogP contribution in [0.2, 0.25) is 0 Å². The smallest absolute Gasteiger partial charge is 0.000528 e. The monoisotopic (exact) mass is 221 g/mol. The zero-order valence-corrected chi connectivity index (χ0v) is 10.8. The Hall–Kier alpha value is -0.300. The second-order valence-corrected chi connectivity index (χ2v) is 6.15. The molecule has 1 atom stereocenters. The Morgan fingerprint density at radius 2 is 2.00 bits per heavy atom. The minimum Gasteiger partial charge on any atom is -0.316 e. The number of rotatable bonds is 4. The summed E-state index contributed by atoms with van der Waals surface area (Å²) in [5, 5.41) is 3.73. The zero-order chi connectivity index (χ0) is 11.3. The lowest BCUT2D eigenvalue weighted by Crippen LogP contribution is -2.36. The lowest BCUT2D eigenvalue weighted by molar-refractivity contribution is 0.203. The quantitative estimate of drug-likeness (QED) is 0.710. The van der Waals surface area contributed by atoms with E-state index in [1.807, 2.05) is 0 Å². The van der Waals surface area contributed by atoms with E-state index >= 15 is 0 Å². The van der Waals surface area contributed by atoms with Gasteiger partial charge in [-0.15, -0.1) is 0 Å². The number of nitrogens with one attached hydrogen (secondary N) is 1. The van der Waals surface area contributed by atoms with Crippen LogP contribution < -0.4 is 5.32 Å². The summed E-state index contributed by atoms with van der Waals surface area (Å²) in [5.74, 6) is 0.900. The zero-order valence-electron chi connectivity index (χ0n) is 10.8. The summed E-state index contributed by atoms with van der Waals surface area (Å²) < 4.78 is 0. The van der Waals surface area contributed by atoms with E-state index in [4.69, 9.17) is 0 Å². The molecule has 0 saturated heterocycles. The Labute approximate surface area is 101 Å². The van der Waals surface area contributed by atoms with Gasteiger partial charge >= 0.3 is 0 Å². The normalized spacial score (nSPS) is 29.2. The van der Waals surface area contributed by atoms with Gasteiger partial charge in [0.05, 0.1) is 0 Å². The van der Waals surface area contributed by atoms with Crippen molar-refractivity contribution in [3.63, 3.8) is 0 Å². The summed E-state index contributed by atoms with van der Waals surface area (Å²) in [6.07, 6.45) is 15.9. The molecule has 2 aliphatic rings. The first-order chi connectivity index (χ1) is 7.79. The Bertz CT molecular complexity index is 226. The van der Waals surface area contributed by atoms with Crippen molar-refractivity contribution in [1.29, 1.82) is 0 Å². The molecule has 0 aromatic heterocycles. The average Bonchev–Trinajstić information content (AvgIpc) is 2.31. The van der Waals surface area contributed by atoms with Gasteiger partial charge in [-0.1, -0.05) is 38.3 Å². The fraction of sp³-hybridized carbons (Fsp3) is 0.867. The van der Waals surface area contributed by atoms with Gasteiger partial charge in [-0.25, -0.2) is 0 Å². The minimum absolute atomic E-state index is 0.600. The maximum atomic E-state index is 3.73. The fourth-order valence-electron chi connectivity index (χ4n) is 3.20. The molecule has 1 fully saturated rings. The first-order valence-electron chi connectivity index (χ1n) is 7.14. The van der Waals surface area contributed by atoms with Gasteiger partial charge in [-0.3, -0.25) is 0 Å². The van der Waals surface area contributed by atoms with Crippen LogP contribution in [0.1, 0.15) is 58.3 Å². The average molecular weight is 221 g/mol. The highest BCUT2D eigenvalue weighted by molar-refractivity contribution is 4.91. The van der Waals surface area contributed by atoms with E-state index in [2.05, 4.69) is 24.4 Å². The third-order valence-corrected chi connectivity index (χ3v) is 4.42. The van der Waals surface area contributed by atoms with Gasteiger partial charge in [0.2, 0.25) is 0 Å². The number of allylic oxidation sites excluding steroid dienone is 2. The summed E-state index contributed by atoms with van der Waals surface area (Å²) >= 11 is 0. The molecule has 0 heterocycles. The molecule has 0 spiro atoms. The van der Waals surface area contributed by atoms with E-state index in [-0.39, 0.29) is 0 Å². The molecule has 0 bridgehead atoms. The van der Waals surface area contributed by atoms with E-state index in [1.165, 1.54) is 64.5 Å². The molecular formula is C15H27N. The lowest BCUT2D eigenvalue weighted by Gasteiger charge is -2.34. The molecule has 1 N–H and O–H groups in total. The summed E-state index contributed by atoms with van der Waals surface area (Å²) in [6, 6.07) is 0. The molecule has 0 amide bonds. The van der Waals surface area contributed by atoms with Crippen LogP contribution >= 0.6 is 0 Å². The molecule has 2 rings (SSSR count). The van der Waals surface area contributed by atoms with E-state index in [9.17, 15) is 0 Å². The maximum Gasteiger partial charge on any atom is 0.000528 e. The third-order valence-electron chi connectivity index (χ3n) is 4.42. The molecule has 92 valence electrons. The van der Waals surface area contributed by atoms with Crippen molar-refractivity contribution in [1.82, 2.24) is 5.32 Å². The maximum absolute atomic E-state index is 3.73. The van der Waals surface area contributed by atoms with Crippen molar-refractivity contribution in [3.8, 4) is 0 Å². The molecule has 1 saturated carbocycles. The van der Waals surface area contributed by atoms with Crippen LogP contribution in [0.5, 0.6) is 0 Å². The van der Waals surface area contributed by atoms with Crippen molar-refractivity contribution in [2.24, 2.45) is 11.3 Å². The second kappa shape index (κ2) is 5.86. The van der Waals surface area contributed by atoms with Crippen molar-refractivity contribution >= 4 is 0 Å². The third kappa shape index (κ3) is 3.62. The van der Waals surface area contributed by atoms with Crippen LogP contribution in [0.3, 0.4) is 0 Å². The highest BCUT2D eigenvalue weighted by atomic mass is 14.9. The van der Waals surface area contributed by atoms with Gasteiger partial charge in [-0.2, -0.15) is 0 Å². The SMILES string of the molecule is CC1(CNCC2CC=CCC2)CCCCC1. The van der Waals surface area contributed by atoms with E-state index < -0.39 is 0 Å². The molecule has 0 radical (unpaired) electrons. The van der Waals surface area contributed by atoms with Gasteiger partial charge in [0.15, 0.2) is 0 Å². The van der Waals surface area contributed by atoms with Gasteiger partial charge in [0.1, 0.15) is 0 Å². The van der Waals surface area contributed by atoms with Gasteiger partial charge in [-0.05, 0) is 50.0 Å². The molecule has 2 aliphatic carbocycles. The van der Waals surface area contributed by atoms with E-state index in [0.717, 1.165) is 5.92 Å². The topological polar surface area (TPSA) is 12.0 Å². The summed E-state index contributed by atoms with van der Waals surface area (Å²) in [7, 11) is 0. The van der Waals surface area contributed by atoms with Crippen LogP contribution in [0.4, 0.5) is 0 Å². The van der Waals surface area contributed by atoms with Gasteiger partial charge in [0, 0.05) is 6.54 Å². The van der Waals surface area contributed by atoms with Crippen LogP contribution in [0, 0.1) is 11.3 Å². The highest BCUT2D eigenvalue weighted by Crippen LogP contribution is 2.35. The van der Waals surface area contributed by atoms with E-state index in [0.29, 0.717) is 5.41 Å². The molecule has 0 aromatic rings. The van der Waals surface area contributed by atoms with Crippen molar-refractivity contribution < 1.29 is 0 Å².